The molecule has 88 valence electrons. The summed E-state index contributed by atoms with van der Waals surface area (Å²) >= 11 is 3.15. The van der Waals surface area contributed by atoms with Gasteiger partial charge in [-0.1, -0.05) is 6.07 Å². The van der Waals surface area contributed by atoms with Gasteiger partial charge in [-0.25, -0.2) is 0 Å². The van der Waals surface area contributed by atoms with Crippen LogP contribution in [-0.4, -0.2) is 9.60 Å². The van der Waals surface area contributed by atoms with Gasteiger partial charge in [-0.15, -0.1) is 0 Å². The number of benzene rings is 1. The van der Waals surface area contributed by atoms with Crippen LogP contribution in [0.5, 0.6) is 0 Å². The SMILES string of the molecule is O=[N+]([O-])c1cc(CNn2cccc2)ccc1Br. The summed E-state index contributed by atoms with van der Waals surface area (Å²) in [5.41, 5.74) is 4.04. The van der Waals surface area contributed by atoms with Crippen molar-refractivity contribution in [1.82, 2.24) is 4.68 Å². The molecule has 1 N–H and O–H groups in total. The van der Waals surface area contributed by atoms with E-state index in [9.17, 15) is 10.1 Å². The van der Waals surface area contributed by atoms with Gasteiger partial charge in [0.25, 0.3) is 5.69 Å². The van der Waals surface area contributed by atoms with Crippen molar-refractivity contribution in [2.24, 2.45) is 0 Å². The van der Waals surface area contributed by atoms with Crippen LogP contribution in [-0.2, 0) is 6.54 Å². The molecule has 0 spiro atoms. The molecule has 0 saturated heterocycles. The van der Waals surface area contributed by atoms with Crippen LogP contribution in [0.1, 0.15) is 5.56 Å². The highest BCUT2D eigenvalue weighted by molar-refractivity contribution is 9.10. The number of rotatable bonds is 4. The highest BCUT2D eigenvalue weighted by Crippen LogP contribution is 2.25. The Morgan fingerprint density at radius 3 is 2.71 bits per heavy atom. The largest absolute Gasteiger partial charge is 0.322 e. The van der Waals surface area contributed by atoms with Gasteiger partial charge >= 0.3 is 0 Å². The van der Waals surface area contributed by atoms with Crippen LogP contribution < -0.4 is 5.43 Å². The first kappa shape index (κ1) is 11.7. The molecule has 6 heteroatoms. The van der Waals surface area contributed by atoms with E-state index in [2.05, 4.69) is 21.4 Å². The van der Waals surface area contributed by atoms with E-state index < -0.39 is 4.92 Å². The normalized spacial score (nSPS) is 10.2. The molecule has 0 bridgehead atoms. The fourth-order valence-corrected chi connectivity index (χ4v) is 1.82. The molecule has 0 fully saturated rings. The lowest BCUT2D eigenvalue weighted by Gasteiger charge is -2.07. The Hall–Kier alpha value is -1.82. The van der Waals surface area contributed by atoms with Crippen LogP contribution in [0.25, 0.3) is 0 Å². The van der Waals surface area contributed by atoms with Crippen molar-refractivity contribution < 1.29 is 4.92 Å². The molecule has 17 heavy (non-hydrogen) atoms. The molecule has 2 rings (SSSR count). The first-order valence-electron chi connectivity index (χ1n) is 4.96. The molecule has 0 atom stereocenters. The second-order valence-corrected chi connectivity index (χ2v) is 4.32. The van der Waals surface area contributed by atoms with Crippen molar-refractivity contribution in [2.75, 3.05) is 5.43 Å². The Labute approximate surface area is 106 Å². The molecular formula is C11H10BrN3O2. The van der Waals surface area contributed by atoms with E-state index in [1.165, 1.54) is 0 Å². The maximum Gasteiger partial charge on any atom is 0.283 e. The van der Waals surface area contributed by atoms with Gasteiger partial charge in [-0.3, -0.25) is 14.8 Å². The smallest absolute Gasteiger partial charge is 0.283 e. The van der Waals surface area contributed by atoms with Crippen molar-refractivity contribution in [3.63, 3.8) is 0 Å². The van der Waals surface area contributed by atoms with E-state index in [1.54, 1.807) is 16.8 Å². The Balaban J connectivity index is 2.11. The second kappa shape index (κ2) is 5.01. The van der Waals surface area contributed by atoms with Gasteiger partial charge < -0.3 is 5.43 Å². The molecule has 2 aromatic rings. The summed E-state index contributed by atoms with van der Waals surface area (Å²) in [7, 11) is 0. The lowest BCUT2D eigenvalue weighted by Crippen LogP contribution is -2.11. The molecule has 0 radical (unpaired) electrons. The maximum absolute atomic E-state index is 10.8. The summed E-state index contributed by atoms with van der Waals surface area (Å²) in [6.45, 7) is 0.531. The fraction of sp³-hybridized carbons (Fsp3) is 0.0909. The Morgan fingerprint density at radius 2 is 2.06 bits per heavy atom. The summed E-state index contributed by atoms with van der Waals surface area (Å²) in [5, 5.41) is 10.8. The third kappa shape index (κ3) is 2.85. The number of aromatic nitrogens is 1. The molecule has 5 nitrogen and oxygen atoms in total. The zero-order valence-electron chi connectivity index (χ0n) is 8.84. The topological polar surface area (TPSA) is 60.1 Å². The predicted octanol–water partition coefficient (Wildman–Crippen LogP) is 2.90. The quantitative estimate of drug-likeness (QED) is 0.697. The minimum absolute atomic E-state index is 0.0804. The number of halogens is 1. The molecule has 0 unspecified atom stereocenters. The number of nitrogens with one attached hydrogen (secondary N) is 1. The van der Waals surface area contributed by atoms with Gasteiger partial charge in [0.1, 0.15) is 0 Å². The van der Waals surface area contributed by atoms with Crippen molar-refractivity contribution in [1.29, 1.82) is 0 Å². The third-order valence-electron chi connectivity index (χ3n) is 2.28. The van der Waals surface area contributed by atoms with Crippen LogP contribution >= 0.6 is 15.9 Å². The lowest BCUT2D eigenvalue weighted by atomic mass is 10.2. The van der Waals surface area contributed by atoms with Crippen molar-refractivity contribution in [2.45, 2.75) is 6.54 Å². The summed E-state index contributed by atoms with van der Waals surface area (Å²) in [6, 6.07) is 8.88. The number of hydrogen-bond acceptors (Lipinski definition) is 3. The summed E-state index contributed by atoms with van der Waals surface area (Å²) in [5.74, 6) is 0. The molecule has 0 aliphatic heterocycles. The highest BCUT2D eigenvalue weighted by atomic mass is 79.9. The Morgan fingerprint density at radius 1 is 1.35 bits per heavy atom. The standard InChI is InChI=1S/C11H10BrN3O2/c12-10-4-3-9(7-11(10)15(16)17)8-13-14-5-1-2-6-14/h1-7,13H,8H2. The van der Waals surface area contributed by atoms with Crippen LogP contribution in [0.2, 0.25) is 0 Å². The number of nitro groups is 1. The van der Waals surface area contributed by atoms with E-state index in [0.29, 0.717) is 11.0 Å². The second-order valence-electron chi connectivity index (χ2n) is 3.47. The zero-order valence-corrected chi connectivity index (χ0v) is 10.4. The summed E-state index contributed by atoms with van der Waals surface area (Å²) in [6.07, 6.45) is 3.74. The van der Waals surface area contributed by atoms with E-state index in [0.717, 1.165) is 5.56 Å². The molecule has 1 aromatic heterocycles. The highest BCUT2D eigenvalue weighted by Gasteiger charge is 2.11. The van der Waals surface area contributed by atoms with Crippen LogP contribution in [0.4, 0.5) is 5.69 Å². The third-order valence-corrected chi connectivity index (χ3v) is 2.95. The van der Waals surface area contributed by atoms with Gasteiger partial charge in [-0.05, 0) is 39.7 Å². The van der Waals surface area contributed by atoms with Gasteiger partial charge in [0.05, 0.1) is 15.9 Å². The molecule has 0 saturated carbocycles. The van der Waals surface area contributed by atoms with Crippen LogP contribution in [0.3, 0.4) is 0 Å². The average Bonchev–Trinajstić information content (AvgIpc) is 2.80. The van der Waals surface area contributed by atoms with E-state index in [4.69, 9.17) is 0 Å². The first-order valence-corrected chi connectivity index (χ1v) is 5.76. The van der Waals surface area contributed by atoms with Crippen LogP contribution in [0.15, 0.2) is 47.2 Å². The van der Waals surface area contributed by atoms with E-state index >= 15 is 0 Å². The maximum atomic E-state index is 10.8. The number of nitro benzene ring substituents is 1. The average molecular weight is 296 g/mol. The monoisotopic (exact) mass is 295 g/mol. The Bertz CT molecular complexity index is 526. The molecule has 0 aliphatic carbocycles. The van der Waals surface area contributed by atoms with E-state index in [1.807, 2.05) is 30.6 Å². The number of nitrogens with zero attached hydrogens (tertiary/aromatic N) is 2. The molecule has 0 aliphatic rings. The molecule has 1 heterocycles. The van der Waals surface area contributed by atoms with Gasteiger partial charge in [0.2, 0.25) is 0 Å². The van der Waals surface area contributed by atoms with Gasteiger partial charge in [0.15, 0.2) is 0 Å². The van der Waals surface area contributed by atoms with E-state index in [-0.39, 0.29) is 5.69 Å². The summed E-state index contributed by atoms with van der Waals surface area (Å²) < 4.78 is 2.29. The van der Waals surface area contributed by atoms with Crippen molar-refractivity contribution in [3.05, 3.63) is 62.9 Å². The lowest BCUT2D eigenvalue weighted by molar-refractivity contribution is -0.385. The van der Waals surface area contributed by atoms with Crippen molar-refractivity contribution in [3.8, 4) is 0 Å². The first-order chi connectivity index (χ1) is 8.16. The Kier molecular flexibility index (Phi) is 3.43. The zero-order chi connectivity index (χ0) is 12.3. The van der Waals surface area contributed by atoms with Gasteiger partial charge in [0, 0.05) is 18.5 Å². The minimum Gasteiger partial charge on any atom is -0.322 e. The summed E-state index contributed by atoms with van der Waals surface area (Å²) in [4.78, 5) is 10.4. The molecule has 0 amide bonds. The minimum atomic E-state index is -0.400. The number of hydrogen-bond donors (Lipinski definition) is 1. The van der Waals surface area contributed by atoms with Crippen LogP contribution in [0, 0.1) is 10.1 Å². The van der Waals surface area contributed by atoms with Gasteiger partial charge in [-0.2, -0.15) is 0 Å². The fourth-order valence-electron chi connectivity index (χ4n) is 1.43. The van der Waals surface area contributed by atoms with Crippen molar-refractivity contribution >= 4 is 21.6 Å². The predicted molar refractivity (Wildman–Crippen MR) is 68.3 cm³/mol. The molecule has 1 aromatic carbocycles. The molecular weight excluding hydrogens is 286 g/mol.